The van der Waals surface area contributed by atoms with E-state index in [2.05, 4.69) is 5.48 Å². The van der Waals surface area contributed by atoms with E-state index in [1.807, 2.05) is 54.6 Å². The molecule has 0 aromatic heterocycles. The molecule has 0 spiro atoms. The maximum Gasteiger partial charge on any atom is 0.243 e. The first kappa shape index (κ1) is 16.8. The van der Waals surface area contributed by atoms with E-state index in [0.29, 0.717) is 26.1 Å². The van der Waals surface area contributed by atoms with E-state index in [0.717, 1.165) is 17.1 Å². The molecule has 2 rings (SSSR count). The Balaban J connectivity index is 1.56. The highest BCUT2D eigenvalue weighted by atomic mass is 16.7. The van der Waals surface area contributed by atoms with Crippen LogP contribution in [0.3, 0.4) is 0 Å². The summed E-state index contributed by atoms with van der Waals surface area (Å²) in [5.41, 5.74) is 3.50. The maximum absolute atomic E-state index is 11.7. The van der Waals surface area contributed by atoms with Crippen LogP contribution in [0.2, 0.25) is 0 Å². The van der Waals surface area contributed by atoms with Crippen LogP contribution in [-0.2, 0) is 16.1 Å². The molecule has 122 valence electrons. The van der Waals surface area contributed by atoms with Crippen LogP contribution < -0.4 is 15.0 Å². The lowest BCUT2D eigenvalue weighted by Gasteiger charge is -2.08. The Kier molecular flexibility index (Phi) is 6.94. The number of nitrogens with one attached hydrogen (secondary N) is 1. The first-order chi connectivity index (χ1) is 11.3. The van der Waals surface area contributed by atoms with E-state index in [1.165, 1.54) is 0 Å². The average Bonchev–Trinajstić information content (AvgIpc) is 2.61. The van der Waals surface area contributed by atoms with Crippen molar-refractivity contribution in [1.29, 1.82) is 0 Å². The summed E-state index contributed by atoms with van der Waals surface area (Å²) in [6, 6.07) is 17.1. The number of para-hydroxylation sites is 1. The first-order valence-electron chi connectivity index (χ1n) is 7.49. The molecule has 23 heavy (non-hydrogen) atoms. The van der Waals surface area contributed by atoms with Gasteiger partial charge in [-0.2, -0.15) is 0 Å². The minimum atomic E-state index is -0.152. The van der Waals surface area contributed by atoms with Gasteiger partial charge in [0.1, 0.15) is 24.7 Å². The zero-order chi connectivity index (χ0) is 16.3. The van der Waals surface area contributed by atoms with Crippen molar-refractivity contribution in [1.82, 2.24) is 5.48 Å². The number of ether oxygens (including phenoxy) is 2. The molecule has 0 saturated heterocycles. The molecule has 0 bridgehead atoms. The summed E-state index contributed by atoms with van der Waals surface area (Å²) in [7, 11) is 1.63. The second kappa shape index (κ2) is 9.48. The quantitative estimate of drug-likeness (QED) is 0.571. The van der Waals surface area contributed by atoms with Crippen molar-refractivity contribution in [3.63, 3.8) is 0 Å². The Labute approximate surface area is 136 Å². The standard InChI is InChI=1S/C18H21NO4/c1-21-16-10-7-15(8-11-16)9-12-18(20)19-23-14-13-22-17-5-3-2-4-6-17/h2-8,10-11H,9,12-14H2,1H3,(H,19,20). The largest absolute Gasteiger partial charge is 0.497 e. The summed E-state index contributed by atoms with van der Waals surface area (Å²) in [6.45, 7) is 0.673. The monoisotopic (exact) mass is 315 g/mol. The van der Waals surface area contributed by atoms with Gasteiger partial charge < -0.3 is 9.47 Å². The Morgan fingerprint density at radius 3 is 2.39 bits per heavy atom. The van der Waals surface area contributed by atoms with Crippen molar-refractivity contribution in [2.24, 2.45) is 0 Å². The molecule has 0 aliphatic carbocycles. The molecular weight excluding hydrogens is 294 g/mol. The summed E-state index contributed by atoms with van der Waals surface area (Å²) in [5.74, 6) is 1.43. The van der Waals surface area contributed by atoms with E-state index in [9.17, 15) is 4.79 Å². The molecule has 1 N–H and O–H groups in total. The number of aryl methyl sites for hydroxylation is 1. The van der Waals surface area contributed by atoms with Crippen LogP contribution in [-0.4, -0.2) is 26.2 Å². The number of carbonyl (C=O) groups is 1. The van der Waals surface area contributed by atoms with Crippen molar-refractivity contribution in [2.75, 3.05) is 20.3 Å². The number of methoxy groups -OCH3 is 1. The van der Waals surface area contributed by atoms with Gasteiger partial charge in [-0.3, -0.25) is 9.63 Å². The summed E-state index contributed by atoms with van der Waals surface area (Å²) in [4.78, 5) is 16.8. The van der Waals surface area contributed by atoms with Gasteiger partial charge in [-0.1, -0.05) is 30.3 Å². The van der Waals surface area contributed by atoms with Crippen molar-refractivity contribution < 1.29 is 19.1 Å². The number of benzene rings is 2. The molecule has 0 fully saturated rings. The Morgan fingerprint density at radius 1 is 0.957 bits per heavy atom. The average molecular weight is 315 g/mol. The molecule has 5 heteroatoms. The van der Waals surface area contributed by atoms with Crippen LogP contribution in [0, 0.1) is 0 Å². The number of hydrogen-bond acceptors (Lipinski definition) is 4. The number of amides is 1. The molecule has 2 aromatic carbocycles. The minimum Gasteiger partial charge on any atom is -0.497 e. The summed E-state index contributed by atoms with van der Waals surface area (Å²) < 4.78 is 10.5. The van der Waals surface area contributed by atoms with E-state index in [-0.39, 0.29) is 5.91 Å². The SMILES string of the molecule is COc1ccc(CCC(=O)NOCCOc2ccccc2)cc1. The van der Waals surface area contributed by atoms with Crippen molar-refractivity contribution in [3.05, 3.63) is 60.2 Å². The highest BCUT2D eigenvalue weighted by molar-refractivity contribution is 5.75. The third-order valence-electron chi connectivity index (χ3n) is 3.18. The van der Waals surface area contributed by atoms with Crippen molar-refractivity contribution >= 4 is 5.91 Å². The predicted octanol–water partition coefficient (Wildman–Crippen LogP) is 2.75. The van der Waals surface area contributed by atoms with Gasteiger partial charge in [0, 0.05) is 6.42 Å². The highest BCUT2D eigenvalue weighted by Gasteiger charge is 2.03. The molecule has 0 saturated carbocycles. The predicted molar refractivity (Wildman–Crippen MR) is 87.3 cm³/mol. The van der Waals surface area contributed by atoms with E-state index in [1.54, 1.807) is 7.11 Å². The van der Waals surface area contributed by atoms with Gasteiger partial charge >= 0.3 is 0 Å². The van der Waals surface area contributed by atoms with Crippen LogP contribution in [0.4, 0.5) is 0 Å². The molecule has 0 aliphatic rings. The van der Waals surface area contributed by atoms with Crippen LogP contribution in [0.1, 0.15) is 12.0 Å². The summed E-state index contributed by atoms with van der Waals surface area (Å²) in [6.07, 6.45) is 1.02. The number of hydrogen-bond donors (Lipinski definition) is 1. The van der Waals surface area contributed by atoms with Crippen LogP contribution in [0.5, 0.6) is 11.5 Å². The van der Waals surface area contributed by atoms with E-state index >= 15 is 0 Å². The van der Waals surface area contributed by atoms with Gasteiger partial charge in [-0.05, 0) is 36.2 Å². The Hall–Kier alpha value is -2.53. The second-order valence-corrected chi connectivity index (χ2v) is 4.88. The fraction of sp³-hybridized carbons (Fsp3) is 0.278. The zero-order valence-electron chi connectivity index (χ0n) is 13.2. The molecule has 1 amide bonds. The van der Waals surface area contributed by atoms with Crippen LogP contribution >= 0.6 is 0 Å². The summed E-state index contributed by atoms with van der Waals surface area (Å²) >= 11 is 0. The molecule has 0 aliphatic heterocycles. The van der Waals surface area contributed by atoms with Crippen LogP contribution in [0.25, 0.3) is 0 Å². The van der Waals surface area contributed by atoms with Gasteiger partial charge in [0.05, 0.1) is 7.11 Å². The number of rotatable bonds is 9. The van der Waals surface area contributed by atoms with E-state index in [4.69, 9.17) is 14.3 Å². The number of carbonyl (C=O) groups excluding carboxylic acids is 1. The second-order valence-electron chi connectivity index (χ2n) is 4.88. The van der Waals surface area contributed by atoms with Crippen LogP contribution in [0.15, 0.2) is 54.6 Å². The lowest BCUT2D eigenvalue weighted by Crippen LogP contribution is -2.26. The van der Waals surface area contributed by atoms with Gasteiger partial charge in [0.25, 0.3) is 0 Å². The van der Waals surface area contributed by atoms with Gasteiger partial charge in [0.2, 0.25) is 5.91 Å². The summed E-state index contributed by atoms with van der Waals surface area (Å²) in [5, 5.41) is 0. The van der Waals surface area contributed by atoms with Gasteiger partial charge in [-0.15, -0.1) is 0 Å². The normalized spacial score (nSPS) is 10.1. The van der Waals surface area contributed by atoms with Gasteiger partial charge in [0.15, 0.2) is 0 Å². The third-order valence-corrected chi connectivity index (χ3v) is 3.18. The Bertz CT molecular complexity index is 584. The molecule has 0 atom stereocenters. The molecule has 0 unspecified atom stereocenters. The van der Waals surface area contributed by atoms with Crippen molar-refractivity contribution in [3.8, 4) is 11.5 Å². The smallest absolute Gasteiger partial charge is 0.243 e. The molecule has 0 radical (unpaired) electrons. The molecular formula is C18H21NO4. The maximum atomic E-state index is 11.7. The molecule has 2 aromatic rings. The van der Waals surface area contributed by atoms with Crippen molar-refractivity contribution in [2.45, 2.75) is 12.8 Å². The first-order valence-corrected chi connectivity index (χ1v) is 7.49. The number of hydroxylamine groups is 1. The zero-order valence-corrected chi connectivity index (χ0v) is 13.2. The molecule has 5 nitrogen and oxygen atoms in total. The topological polar surface area (TPSA) is 56.8 Å². The van der Waals surface area contributed by atoms with Gasteiger partial charge in [-0.25, -0.2) is 5.48 Å². The van der Waals surface area contributed by atoms with E-state index < -0.39 is 0 Å². The lowest BCUT2D eigenvalue weighted by atomic mass is 10.1. The molecule has 0 heterocycles. The highest BCUT2D eigenvalue weighted by Crippen LogP contribution is 2.12. The fourth-order valence-corrected chi connectivity index (χ4v) is 1.95. The Morgan fingerprint density at radius 2 is 1.70 bits per heavy atom. The third kappa shape index (κ3) is 6.40. The fourth-order valence-electron chi connectivity index (χ4n) is 1.95. The minimum absolute atomic E-state index is 0.152. The lowest BCUT2D eigenvalue weighted by molar-refractivity contribution is -0.134.